The summed E-state index contributed by atoms with van der Waals surface area (Å²) >= 11 is 0. The molecule has 2 heterocycles. The van der Waals surface area contributed by atoms with Crippen LogP contribution in [0, 0.1) is 24.1 Å². The van der Waals surface area contributed by atoms with E-state index in [2.05, 4.69) is 15.0 Å². The Kier molecular flexibility index (Phi) is 4.26. The fourth-order valence-electron chi connectivity index (χ4n) is 2.88. The summed E-state index contributed by atoms with van der Waals surface area (Å²) in [5, 5.41) is 13.0. The number of piperazine rings is 1. The Morgan fingerprint density at radius 3 is 2.65 bits per heavy atom. The van der Waals surface area contributed by atoms with Gasteiger partial charge in [0.15, 0.2) is 5.82 Å². The highest BCUT2D eigenvalue weighted by atomic mass is 19.1. The Labute approximate surface area is 134 Å². The molecule has 0 spiro atoms. The molecule has 1 aliphatic rings. The average molecular weight is 315 g/mol. The predicted molar refractivity (Wildman–Crippen MR) is 82.4 cm³/mol. The molecule has 1 aromatic heterocycles. The van der Waals surface area contributed by atoms with Gasteiger partial charge >= 0.3 is 0 Å². The highest BCUT2D eigenvalue weighted by molar-refractivity contribution is 5.60. The van der Waals surface area contributed by atoms with Gasteiger partial charge in [0.25, 0.3) is 0 Å². The third kappa shape index (κ3) is 3.03. The van der Waals surface area contributed by atoms with Crippen molar-refractivity contribution < 1.29 is 8.91 Å². The highest BCUT2D eigenvalue weighted by Crippen LogP contribution is 2.26. The first-order valence-electron chi connectivity index (χ1n) is 7.58. The lowest BCUT2D eigenvalue weighted by Gasteiger charge is -2.38. The second kappa shape index (κ2) is 6.34. The molecule has 3 rings (SSSR count). The van der Waals surface area contributed by atoms with Crippen LogP contribution in [0.4, 0.5) is 10.1 Å². The summed E-state index contributed by atoms with van der Waals surface area (Å²) in [6.07, 6.45) is 0. The maximum absolute atomic E-state index is 13.7. The Hall–Kier alpha value is -2.46. The van der Waals surface area contributed by atoms with E-state index in [9.17, 15) is 4.39 Å². The minimum Gasteiger partial charge on any atom is -0.368 e. The van der Waals surface area contributed by atoms with Gasteiger partial charge in [-0.15, -0.1) is 0 Å². The topological polar surface area (TPSA) is 69.2 Å². The summed E-state index contributed by atoms with van der Waals surface area (Å²) in [4.78, 5) is 8.57. The molecule has 0 saturated carbocycles. The Morgan fingerprint density at radius 1 is 1.30 bits per heavy atom. The van der Waals surface area contributed by atoms with Crippen molar-refractivity contribution >= 4 is 5.69 Å². The molecule has 120 valence electrons. The van der Waals surface area contributed by atoms with Crippen molar-refractivity contribution in [1.82, 2.24) is 15.0 Å². The molecule has 0 amide bonds. The Bertz CT molecular complexity index is 730. The van der Waals surface area contributed by atoms with Crippen LogP contribution >= 0.6 is 0 Å². The van der Waals surface area contributed by atoms with Crippen molar-refractivity contribution in [2.45, 2.75) is 19.9 Å². The summed E-state index contributed by atoms with van der Waals surface area (Å²) < 4.78 is 19.0. The Balaban J connectivity index is 1.69. The van der Waals surface area contributed by atoms with Crippen LogP contribution in [0.3, 0.4) is 0 Å². The maximum Gasteiger partial charge on any atom is 0.243 e. The van der Waals surface area contributed by atoms with E-state index in [0.29, 0.717) is 17.4 Å². The molecule has 0 bridgehead atoms. The van der Waals surface area contributed by atoms with Crippen LogP contribution in [0.2, 0.25) is 0 Å². The van der Waals surface area contributed by atoms with Crippen molar-refractivity contribution in [3.8, 4) is 6.07 Å². The number of hydrogen-bond acceptors (Lipinski definition) is 6. The second-order valence-electron chi connectivity index (χ2n) is 5.62. The number of halogens is 1. The number of benzene rings is 1. The molecule has 1 saturated heterocycles. The van der Waals surface area contributed by atoms with Gasteiger partial charge in [0, 0.05) is 26.2 Å². The zero-order valence-corrected chi connectivity index (χ0v) is 13.2. The molecule has 1 aromatic carbocycles. The minimum atomic E-state index is -0.470. The number of rotatable bonds is 3. The van der Waals surface area contributed by atoms with Gasteiger partial charge in [0.2, 0.25) is 5.89 Å². The zero-order valence-electron chi connectivity index (χ0n) is 13.2. The average Bonchev–Trinajstić information content (AvgIpc) is 3.00. The first kappa shape index (κ1) is 15.4. The van der Waals surface area contributed by atoms with Gasteiger partial charge in [0.1, 0.15) is 17.4 Å². The lowest BCUT2D eigenvalue weighted by molar-refractivity contribution is 0.164. The fraction of sp³-hybridized carbons (Fsp3) is 0.438. The predicted octanol–water partition coefficient (Wildman–Crippen LogP) is 2.27. The third-order valence-corrected chi connectivity index (χ3v) is 4.21. The van der Waals surface area contributed by atoms with Crippen LogP contribution in [-0.4, -0.2) is 41.2 Å². The number of hydrogen-bond donors (Lipinski definition) is 0. The summed E-state index contributed by atoms with van der Waals surface area (Å²) in [7, 11) is 0. The third-order valence-electron chi connectivity index (χ3n) is 4.21. The number of nitrogens with zero attached hydrogens (tertiary/aromatic N) is 5. The number of aromatic nitrogens is 2. The minimum absolute atomic E-state index is 0.0429. The van der Waals surface area contributed by atoms with Crippen LogP contribution < -0.4 is 4.90 Å². The normalized spacial score (nSPS) is 17.0. The van der Waals surface area contributed by atoms with Crippen LogP contribution in [0.25, 0.3) is 0 Å². The largest absolute Gasteiger partial charge is 0.368 e. The molecular formula is C16H18FN5O. The first-order chi connectivity index (χ1) is 11.1. The molecule has 7 heteroatoms. The second-order valence-corrected chi connectivity index (χ2v) is 5.62. The summed E-state index contributed by atoms with van der Waals surface area (Å²) in [5.74, 6) is 0.769. The molecule has 1 fully saturated rings. The van der Waals surface area contributed by atoms with Gasteiger partial charge < -0.3 is 9.42 Å². The van der Waals surface area contributed by atoms with E-state index < -0.39 is 5.82 Å². The van der Waals surface area contributed by atoms with E-state index in [1.165, 1.54) is 6.07 Å². The van der Waals surface area contributed by atoms with Gasteiger partial charge in [-0.3, -0.25) is 4.90 Å². The van der Waals surface area contributed by atoms with E-state index in [1.807, 2.05) is 17.9 Å². The number of anilines is 1. The van der Waals surface area contributed by atoms with Crippen LogP contribution in [0.5, 0.6) is 0 Å². The monoisotopic (exact) mass is 315 g/mol. The van der Waals surface area contributed by atoms with Gasteiger partial charge in [-0.05, 0) is 26.0 Å². The van der Waals surface area contributed by atoms with Crippen molar-refractivity contribution in [2.24, 2.45) is 0 Å². The standard InChI is InChI=1S/C16H18FN5O/c1-11(16-19-12(2)20-23-16)21-6-8-22(9-7-21)15-5-3-4-14(17)13(15)10-18/h3-5,11H,6-9H2,1-2H3. The van der Waals surface area contributed by atoms with E-state index in [-0.39, 0.29) is 11.6 Å². The summed E-state index contributed by atoms with van der Waals surface area (Å²) in [6, 6.07) is 6.76. The van der Waals surface area contributed by atoms with Crippen LogP contribution in [0.1, 0.15) is 30.2 Å². The lowest BCUT2D eigenvalue weighted by atomic mass is 10.1. The van der Waals surface area contributed by atoms with Gasteiger partial charge in [-0.1, -0.05) is 11.2 Å². The molecule has 6 nitrogen and oxygen atoms in total. The molecule has 23 heavy (non-hydrogen) atoms. The molecule has 2 aromatic rings. The molecule has 0 radical (unpaired) electrons. The van der Waals surface area contributed by atoms with Crippen LogP contribution in [-0.2, 0) is 0 Å². The van der Waals surface area contributed by atoms with E-state index in [4.69, 9.17) is 9.78 Å². The molecule has 1 atom stereocenters. The van der Waals surface area contributed by atoms with E-state index in [1.54, 1.807) is 19.1 Å². The van der Waals surface area contributed by atoms with Crippen molar-refractivity contribution in [1.29, 1.82) is 5.26 Å². The fourth-order valence-corrected chi connectivity index (χ4v) is 2.88. The van der Waals surface area contributed by atoms with Crippen LogP contribution in [0.15, 0.2) is 22.7 Å². The van der Waals surface area contributed by atoms with Crippen molar-refractivity contribution in [3.63, 3.8) is 0 Å². The maximum atomic E-state index is 13.7. The zero-order chi connectivity index (χ0) is 16.4. The number of nitriles is 1. The lowest BCUT2D eigenvalue weighted by Crippen LogP contribution is -2.47. The smallest absolute Gasteiger partial charge is 0.243 e. The SMILES string of the molecule is Cc1noc(C(C)N2CCN(c3cccc(F)c3C#N)CC2)n1. The first-order valence-corrected chi connectivity index (χ1v) is 7.58. The molecule has 0 N–H and O–H groups in total. The molecular weight excluding hydrogens is 297 g/mol. The molecule has 0 aliphatic carbocycles. The Morgan fingerprint density at radius 2 is 2.04 bits per heavy atom. The van der Waals surface area contributed by atoms with Crippen molar-refractivity contribution in [3.05, 3.63) is 41.3 Å². The quantitative estimate of drug-likeness (QED) is 0.865. The molecule has 1 unspecified atom stereocenters. The van der Waals surface area contributed by atoms with Gasteiger partial charge in [0.05, 0.1) is 11.7 Å². The van der Waals surface area contributed by atoms with Crippen molar-refractivity contribution in [2.75, 3.05) is 31.1 Å². The van der Waals surface area contributed by atoms with Gasteiger partial charge in [-0.25, -0.2) is 4.39 Å². The summed E-state index contributed by atoms with van der Waals surface area (Å²) in [5.41, 5.74) is 0.773. The van der Waals surface area contributed by atoms with Gasteiger partial charge in [-0.2, -0.15) is 10.2 Å². The number of aryl methyl sites for hydroxylation is 1. The summed E-state index contributed by atoms with van der Waals surface area (Å²) in [6.45, 7) is 6.83. The molecule has 1 aliphatic heterocycles. The van der Waals surface area contributed by atoms with E-state index in [0.717, 1.165) is 26.2 Å². The van der Waals surface area contributed by atoms with E-state index >= 15 is 0 Å². The highest BCUT2D eigenvalue weighted by Gasteiger charge is 2.26.